The number of nitrogens with zero attached hydrogens (tertiary/aromatic N) is 2. The Balaban J connectivity index is 1.88. The lowest BCUT2D eigenvalue weighted by molar-refractivity contribution is 0.0783. The topological polar surface area (TPSA) is 35.6 Å². The number of fused-ring (bicyclic) bond motifs is 1. The van der Waals surface area contributed by atoms with Crippen molar-refractivity contribution >= 4 is 17.3 Å². The summed E-state index contributed by atoms with van der Waals surface area (Å²) in [6.45, 7) is 0.519. The van der Waals surface area contributed by atoms with Gasteiger partial charge in [0.05, 0.1) is 16.9 Å². The van der Waals surface area contributed by atoms with E-state index in [1.54, 1.807) is 5.01 Å². The van der Waals surface area contributed by atoms with E-state index in [-0.39, 0.29) is 5.91 Å². The third-order valence-corrected chi connectivity index (χ3v) is 3.18. The van der Waals surface area contributed by atoms with Crippen LogP contribution in [0.25, 0.3) is 0 Å². The second kappa shape index (κ2) is 4.65. The highest BCUT2D eigenvalue weighted by Gasteiger charge is 2.26. The number of carbonyl (C=O) groups excluding carboxylic acids is 1. The van der Waals surface area contributed by atoms with Crippen molar-refractivity contribution in [3.05, 3.63) is 60.2 Å². The Bertz CT molecular complexity index is 597. The summed E-state index contributed by atoms with van der Waals surface area (Å²) in [4.78, 5) is 14.5. The van der Waals surface area contributed by atoms with Crippen molar-refractivity contribution in [3.8, 4) is 0 Å². The number of hydrogen-bond donors (Lipinski definition) is 1. The predicted molar refractivity (Wildman–Crippen MR) is 75.9 cm³/mol. The third kappa shape index (κ3) is 2.12. The van der Waals surface area contributed by atoms with Gasteiger partial charge in [-0.15, -0.1) is 0 Å². The van der Waals surface area contributed by atoms with E-state index < -0.39 is 0 Å². The maximum absolute atomic E-state index is 12.4. The summed E-state index contributed by atoms with van der Waals surface area (Å²) in [5.74, 6) is -0.00227. The van der Waals surface area contributed by atoms with Crippen molar-refractivity contribution in [3.63, 3.8) is 0 Å². The quantitative estimate of drug-likeness (QED) is 0.893. The van der Waals surface area contributed by atoms with Gasteiger partial charge in [-0.25, -0.2) is 5.01 Å². The molecule has 0 unspecified atom stereocenters. The zero-order valence-corrected chi connectivity index (χ0v) is 10.7. The number of anilines is 2. The van der Waals surface area contributed by atoms with Crippen molar-refractivity contribution in [2.45, 2.75) is 0 Å². The summed E-state index contributed by atoms with van der Waals surface area (Å²) in [6.07, 6.45) is 0. The van der Waals surface area contributed by atoms with Gasteiger partial charge < -0.3 is 4.90 Å². The number of benzene rings is 2. The van der Waals surface area contributed by atoms with Gasteiger partial charge in [-0.05, 0) is 24.3 Å². The molecular formula is C15H15N3O. The molecule has 0 aromatic heterocycles. The van der Waals surface area contributed by atoms with Crippen LogP contribution < -0.4 is 10.3 Å². The Kier molecular flexibility index (Phi) is 2.83. The van der Waals surface area contributed by atoms with Crippen LogP contribution >= 0.6 is 0 Å². The second-order valence-electron chi connectivity index (χ2n) is 4.57. The molecule has 0 saturated carbocycles. The van der Waals surface area contributed by atoms with Crippen LogP contribution in [0, 0.1) is 0 Å². The highest BCUT2D eigenvalue weighted by molar-refractivity contribution is 6.02. The summed E-state index contributed by atoms with van der Waals surface area (Å²) in [5, 5.41) is 1.62. The molecule has 1 N–H and O–H groups in total. The number of amides is 1. The van der Waals surface area contributed by atoms with Crippen LogP contribution in [0.4, 0.5) is 11.4 Å². The minimum absolute atomic E-state index is 0.00227. The summed E-state index contributed by atoms with van der Waals surface area (Å²) in [6, 6.07) is 17.4. The molecule has 96 valence electrons. The number of para-hydroxylation sites is 2. The molecule has 0 saturated heterocycles. The molecule has 0 atom stereocenters. The smallest absolute Gasteiger partial charge is 0.276 e. The Morgan fingerprint density at radius 1 is 1.00 bits per heavy atom. The molecule has 4 heteroatoms. The molecule has 4 nitrogen and oxygen atoms in total. The number of nitrogens with one attached hydrogen (secondary N) is 1. The van der Waals surface area contributed by atoms with E-state index in [2.05, 4.69) is 5.43 Å². The van der Waals surface area contributed by atoms with Crippen molar-refractivity contribution in [1.82, 2.24) is 5.01 Å². The Labute approximate surface area is 112 Å². The summed E-state index contributed by atoms with van der Waals surface area (Å²) in [5.41, 5.74) is 5.74. The molecule has 1 aliphatic rings. The van der Waals surface area contributed by atoms with Gasteiger partial charge in [0.15, 0.2) is 0 Å². The van der Waals surface area contributed by atoms with Crippen molar-refractivity contribution in [2.75, 3.05) is 24.0 Å². The van der Waals surface area contributed by atoms with E-state index in [4.69, 9.17) is 0 Å². The van der Waals surface area contributed by atoms with Gasteiger partial charge in [0, 0.05) is 7.05 Å². The van der Waals surface area contributed by atoms with E-state index in [0.717, 1.165) is 16.9 Å². The van der Waals surface area contributed by atoms with Gasteiger partial charge in [-0.3, -0.25) is 10.2 Å². The monoisotopic (exact) mass is 253 g/mol. The summed E-state index contributed by atoms with van der Waals surface area (Å²) >= 11 is 0. The molecule has 0 fully saturated rings. The number of hydrogen-bond acceptors (Lipinski definition) is 3. The summed E-state index contributed by atoms with van der Waals surface area (Å²) in [7, 11) is 1.98. The van der Waals surface area contributed by atoms with E-state index >= 15 is 0 Å². The van der Waals surface area contributed by atoms with Gasteiger partial charge in [-0.1, -0.05) is 30.3 Å². The van der Waals surface area contributed by atoms with Crippen LogP contribution in [0.3, 0.4) is 0 Å². The molecule has 0 spiro atoms. The van der Waals surface area contributed by atoms with Gasteiger partial charge in [0.1, 0.15) is 6.67 Å². The van der Waals surface area contributed by atoms with E-state index in [1.165, 1.54) is 0 Å². The predicted octanol–water partition coefficient (Wildman–Crippen LogP) is 2.56. The van der Waals surface area contributed by atoms with Crippen LogP contribution in [0.2, 0.25) is 0 Å². The average Bonchev–Trinajstić information content (AvgIpc) is 2.46. The lowest BCUT2D eigenvalue weighted by Crippen LogP contribution is -2.47. The molecule has 2 aromatic rings. The van der Waals surface area contributed by atoms with Gasteiger partial charge in [0.25, 0.3) is 5.91 Å². The van der Waals surface area contributed by atoms with Gasteiger partial charge in [0.2, 0.25) is 0 Å². The van der Waals surface area contributed by atoms with Crippen LogP contribution in [0.1, 0.15) is 10.4 Å². The van der Waals surface area contributed by atoms with Gasteiger partial charge >= 0.3 is 0 Å². The van der Waals surface area contributed by atoms with E-state index in [1.807, 2.05) is 66.5 Å². The Morgan fingerprint density at radius 3 is 2.47 bits per heavy atom. The molecule has 2 aromatic carbocycles. The van der Waals surface area contributed by atoms with Crippen LogP contribution in [-0.2, 0) is 0 Å². The lowest BCUT2D eigenvalue weighted by Gasteiger charge is -2.36. The van der Waals surface area contributed by atoms with Crippen LogP contribution in [-0.4, -0.2) is 24.6 Å². The summed E-state index contributed by atoms with van der Waals surface area (Å²) < 4.78 is 0. The molecule has 3 rings (SSSR count). The number of hydrazine groups is 1. The number of rotatable bonds is 2. The Morgan fingerprint density at radius 2 is 1.68 bits per heavy atom. The molecule has 1 amide bonds. The van der Waals surface area contributed by atoms with Gasteiger partial charge in [-0.2, -0.15) is 0 Å². The lowest BCUT2D eigenvalue weighted by atomic mass is 10.1. The molecule has 1 heterocycles. The highest BCUT2D eigenvalue weighted by atomic mass is 16.2. The molecule has 0 bridgehead atoms. The highest BCUT2D eigenvalue weighted by Crippen LogP contribution is 2.25. The van der Waals surface area contributed by atoms with Crippen LogP contribution in [0.5, 0.6) is 0 Å². The zero-order chi connectivity index (χ0) is 13.2. The maximum Gasteiger partial charge on any atom is 0.276 e. The fourth-order valence-corrected chi connectivity index (χ4v) is 2.24. The first-order valence-corrected chi connectivity index (χ1v) is 6.19. The fraction of sp³-hybridized carbons (Fsp3) is 0.133. The molecule has 0 radical (unpaired) electrons. The van der Waals surface area contributed by atoms with Crippen LogP contribution in [0.15, 0.2) is 54.6 Å². The minimum Gasteiger partial charge on any atom is -0.355 e. The normalized spacial score (nSPS) is 14.3. The minimum atomic E-state index is -0.00227. The fourth-order valence-electron chi connectivity index (χ4n) is 2.24. The molecule has 19 heavy (non-hydrogen) atoms. The van der Waals surface area contributed by atoms with Crippen molar-refractivity contribution in [2.24, 2.45) is 0 Å². The first-order valence-electron chi connectivity index (χ1n) is 6.19. The van der Waals surface area contributed by atoms with Crippen molar-refractivity contribution in [1.29, 1.82) is 0 Å². The zero-order valence-electron chi connectivity index (χ0n) is 10.7. The first kappa shape index (κ1) is 11.6. The average molecular weight is 253 g/mol. The molecular weight excluding hydrogens is 238 g/mol. The third-order valence-electron chi connectivity index (χ3n) is 3.18. The van der Waals surface area contributed by atoms with E-state index in [0.29, 0.717) is 6.67 Å². The SMILES string of the molecule is CN1CN(Nc2ccccc2)C(=O)c2ccccc21. The first-order chi connectivity index (χ1) is 9.25. The Hall–Kier alpha value is -2.49. The second-order valence-corrected chi connectivity index (χ2v) is 4.57. The standard InChI is InChI=1S/C15H15N3O/c1-17-11-18(16-12-7-3-2-4-8-12)15(19)13-9-5-6-10-14(13)17/h2-10,16H,11H2,1H3. The molecule has 1 aliphatic heterocycles. The largest absolute Gasteiger partial charge is 0.355 e. The molecule has 0 aliphatic carbocycles. The van der Waals surface area contributed by atoms with E-state index in [9.17, 15) is 4.79 Å². The maximum atomic E-state index is 12.4. The van der Waals surface area contributed by atoms with Crippen molar-refractivity contribution < 1.29 is 4.79 Å². The number of carbonyl (C=O) groups is 1.